The van der Waals surface area contributed by atoms with Crippen molar-refractivity contribution in [3.05, 3.63) is 22.1 Å². The molecule has 0 fully saturated rings. The van der Waals surface area contributed by atoms with Crippen LogP contribution in [0, 0.1) is 0 Å². The number of aromatic nitrogens is 2. The van der Waals surface area contributed by atoms with E-state index in [1.807, 2.05) is 0 Å². The molecule has 18 heavy (non-hydrogen) atoms. The van der Waals surface area contributed by atoms with Gasteiger partial charge in [-0.2, -0.15) is 13.2 Å². The summed E-state index contributed by atoms with van der Waals surface area (Å²) in [6, 6.07) is -1.84. The molecule has 100 valence electrons. The van der Waals surface area contributed by atoms with Crippen LogP contribution in [0.15, 0.2) is 11.0 Å². The van der Waals surface area contributed by atoms with Gasteiger partial charge in [0.25, 0.3) is 5.56 Å². The maximum atomic E-state index is 12.0. The lowest BCUT2D eigenvalue weighted by atomic mass is 10.1. The van der Waals surface area contributed by atoms with Gasteiger partial charge in [0.1, 0.15) is 6.04 Å². The van der Waals surface area contributed by atoms with Crippen molar-refractivity contribution < 1.29 is 27.9 Å². The summed E-state index contributed by atoms with van der Waals surface area (Å²) in [6.07, 6.45) is -4.63. The van der Waals surface area contributed by atoms with Crippen molar-refractivity contribution in [3.8, 4) is 0 Å². The number of rotatable bonds is 4. The standard InChI is InChI=1S/C8H8F3N3O4/c9-8(10,11)7(18)13-4(6(16)17)1-3-2-12-14-5(3)15/h2,4H,1H2,(H,13,18)(H,16,17)(H2,12,14,15)/t4-/m1/s1. The highest BCUT2D eigenvalue weighted by molar-refractivity contribution is 5.87. The Morgan fingerprint density at radius 3 is 2.44 bits per heavy atom. The molecule has 0 aromatic carbocycles. The maximum absolute atomic E-state index is 12.0. The lowest BCUT2D eigenvalue weighted by Gasteiger charge is -2.14. The van der Waals surface area contributed by atoms with Gasteiger partial charge in [-0.3, -0.25) is 14.7 Å². The molecule has 0 aliphatic carbocycles. The van der Waals surface area contributed by atoms with Gasteiger partial charge in [-0.05, 0) is 0 Å². The van der Waals surface area contributed by atoms with Crippen LogP contribution < -0.4 is 10.9 Å². The Labute approximate surface area is 97.0 Å². The van der Waals surface area contributed by atoms with E-state index in [9.17, 15) is 27.6 Å². The molecule has 0 unspecified atom stereocenters. The van der Waals surface area contributed by atoms with Crippen molar-refractivity contribution in [2.75, 3.05) is 0 Å². The minimum atomic E-state index is -5.18. The zero-order valence-corrected chi connectivity index (χ0v) is 8.67. The van der Waals surface area contributed by atoms with Crippen molar-refractivity contribution in [1.82, 2.24) is 15.5 Å². The number of aliphatic carboxylic acids is 1. The van der Waals surface area contributed by atoms with Crippen LogP contribution in [0.2, 0.25) is 0 Å². The third kappa shape index (κ3) is 3.37. The summed E-state index contributed by atoms with van der Waals surface area (Å²) < 4.78 is 35.9. The number of aromatic amines is 2. The summed E-state index contributed by atoms with van der Waals surface area (Å²) >= 11 is 0. The quantitative estimate of drug-likeness (QED) is 0.581. The van der Waals surface area contributed by atoms with Gasteiger partial charge >= 0.3 is 18.1 Å². The van der Waals surface area contributed by atoms with Crippen molar-refractivity contribution in [1.29, 1.82) is 0 Å². The molecule has 0 radical (unpaired) electrons. The Morgan fingerprint density at radius 1 is 1.44 bits per heavy atom. The lowest BCUT2D eigenvalue weighted by Crippen LogP contribution is -2.48. The van der Waals surface area contributed by atoms with E-state index >= 15 is 0 Å². The number of carboxylic acids is 1. The number of nitrogens with one attached hydrogen (secondary N) is 3. The number of H-pyrrole nitrogens is 2. The molecule has 1 heterocycles. The van der Waals surface area contributed by atoms with Gasteiger partial charge in [-0.15, -0.1) is 0 Å². The number of carbonyl (C=O) groups excluding carboxylic acids is 1. The van der Waals surface area contributed by atoms with Crippen LogP contribution in [0.25, 0.3) is 0 Å². The maximum Gasteiger partial charge on any atom is 0.471 e. The van der Waals surface area contributed by atoms with Gasteiger partial charge in [0.05, 0.1) is 0 Å². The van der Waals surface area contributed by atoms with Crippen molar-refractivity contribution in [2.45, 2.75) is 18.6 Å². The highest BCUT2D eigenvalue weighted by atomic mass is 19.4. The fourth-order valence-corrected chi connectivity index (χ4v) is 1.15. The molecule has 1 amide bonds. The van der Waals surface area contributed by atoms with E-state index in [1.165, 1.54) is 5.32 Å². The smallest absolute Gasteiger partial charge is 0.471 e. The number of halogens is 3. The highest BCUT2D eigenvalue weighted by Gasteiger charge is 2.40. The van der Waals surface area contributed by atoms with Crippen LogP contribution in [0.3, 0.4) is 0 Å². The van der Waals surface area contributed by atoms with Crippen LogP contribution in [0.4, 0.5) is 13.2 Å². The first-order valence-corrected chi connectivity index (χ1v) is 4.57. The van der Waals surface area contributed by atoms with E-state index in [4.69, 9.17) is 5.11 Å². The number of hydrogen-bond donors (Lipinski definition) is 4. The zero-order chi connectivity index (χ0) is 13.9. The molecule has 0 aliphatic rings. The molecule has 1 atom stereocenters. The second kappa shape index (κ2) is 4.94. The number of carboxylic acid groups (broad SMARTS) is 1. The Morgan fingerprint density at radius 2 is 2.06 bits per heavy atom. The number of amides is 1. The summed E-state index contributed by atoms with van der Waals surface area (Å²) in [6.45, 7) is 0. The second-order valence-corrected chi connectivity index (χ2v) is 3.33. The molecule has 7 nitrogen and oxygen atoms in total. The van der Waals surface area contributed by atoms with Crippen molar-refractivity contribution in [3.63, 3.8) is 0 Å². The molecule has 0 saturated carbocycles. The first-order chi connectivity index (χ1) is 8.21. The monoisotopic (exact) mass is 267 g/mol. The minimum absolute atomic E-state index is 0.0788. The summed E-state index contributed by atoms with van der Waals surface area (Å²) in [7, 11) is 0. The molecule has 1 aromatic rings. The van der Waals surface area contributed by atoms with E-state index in [2.05, 4.69) is 10.2 Å². The fourth-order valence-electron chi connectivity index (χ4n) is 1.15. The van der Waals surface area contributed by atoms with Gasteiger partial charge in [-0.25, -0.2) is 4.79 Å². The molecule has 0 spiro atoms. The summed E-state index contributed by atoms with van der Waals surface area (Å²) in [5.41, 5.74) is -0.743. The molecule has 0 saturated heterocycles. The van der Waals surface area contributed by atoms with Gasteiger partial charge in [0.2, 0.25) is 0 Å². The van der Waals surface area contributed by atoms with Gasteiger partial charge in [-0.1, -0.05) is 0 Å². The SMILES string of the molecule is O=C(O)[C@@H](Cc1c[nH][nH]c1=O)NC(=O)C(F)(F)F. The van der Waals surface area contributed by atoms with Gasteiger partial charge in [0.15, 0.2) is 0 Å². The topological polar surface area (TPSA) is 115 Å². The average Bonchev–Trinajstić information content (AvgIpc) is 2.61. The average molecular weight is 267 g/mol. The molecular weight excluding hydrogens is 259 g/mol. The first kappa shape index (κ1) is 13.8. The van der Waals surface area contributed by atoms with Crippen LogP contribution in [0.5, 0.6) is 0 Å². The van der Waals surface area contributed by atoms with Crippen LogP contribution in [-0.2, 0) is 16.0 Å². The largest absolute Gasteiger partial charge is 0.480 e. The Bertz CT molecular complexity index is 504. The van der Waals surface area contributed by atoms with E-state index in [1.54, 1.807) is 0 Å². The molecule has 4 N–H and O–H groups in total. The molecular formula is C8H8F3N3O4. The predicted octanol–water partition coefficient (Wildman–Crippen LogP) is -0.623. The van der Waals surface area contributed by atoms with Crippen LogP contribution in [0.1, 0.15) is 5.56 Å². The van der Waals surface area contributed by atoms with Crippen LogP contribution >= 0.6 is 0 Å². The van der Waals surface area contributed by atoms with E-state index in [0.717, 1.165) is 6.20 Å². The number of hydrogen-bond acceptors (Lipinski definition) is 3. The van der Waals surface area contributed by atoms with Gasteiger partial charge in [0, 0.05) is 18.2 Å². The molecule has 1 aromatic heterocycles. The molecule has 1 rings (SSSR count). The Hall–Kier alpha value is -2.26. The lowest BCUT2D eigenvalue weighted by molar-refractivity contribution is -0.175. The van der Waals surface area contributed by atoms with E-state index in [0.29, 0.717) is 0 Å². The second-order valence-electron chi connectivity index (χ2n) is 3.33. The van der Waals surface area contributed by atoms with Crippen molar-refractivity contribution >= 4 is 11.9 Å². The Kier molecular flexibility index (Phi) is 3.79. The van der Waals surface area contributed by atoms with Crippen molar-refractivity contribution in [2.24, 2.45) is 0 Å². The summed E-state index contributed by atoms with van der Waals surface area (Å²) in [5.74, 6) is -4.05. The van der Waals surface area contributed by atoms with Gasteiger partial charge < -0.3 is 15.5 Å². The minimum Gasteiger partial charge on any atom is -0.480 e. The molecule has 0 aliphatic heterocycles. The van der Waals surface area contributed by atoms with E-state index in [-0.39, 0.29) is 5.56 Å². The molecule has 0 bridgehead atoms. The Balaban J connectivity index is 2.79. The first-order valence-electron chi connectivity index (χ1n) is 4.57. The fraction of sp³-hybridized carbons (Fsp3) is 0.375. The van der Waals surface area contributed by atoms with E-state index < -0.39 is 36.1 Å². The third-order valence-corrected chi connectivity index (χ3v) is 2.01. The number of carbonyl (C=O) groups is 2. The third-order valence-electron chi connectivity index (χ3n) is 2.01. The van der Waals surface area contributed by atoms with Crippen LogP contribution in [-0.4, -0.2) is 39.4 Å². The number of alkyl halides is 3. The zero-order valence-electron chi connectivity index (χ0n) is 8.67. The summed E-state index contributed by atoms with van der Waals surface area (Å²) in [4.78, 5) is 32.3. The normalized spacial score (nSPS) is 13.1. The predicted molar refractivity (Wildman–Crippen MR) is 50.7 cm³/mol. The highest BCUT2D eigenvalue weighted by Crippen LogP contribution is 2.14. The summed E-state index contributed by atoms with van der Waals surface area (Å²) in [5, 5.41) is 14.3. The molecule has 10 heteroatoms.